The highest BCUT2D eigenvalue weighted by Gasteiger charge is 2.35. The number of ether oxygens (including phenoxy) is 1. The van der Waals surface area contributed by atoms with E-state index < -0.39 is 0 Å². The van der Waals surface area contributed by atoms with E-state index in [0.717, 1.165) is 23.3 Å². The molecule has 3 aromatic carbocycles. The lowest BCUT2D eigenvalue weighted by Gasteiger charge is -2.38. The number of hydrogen-bond donors (Lipinski definition) is 1. The van der Waals surface area contributed by atoms with E-state index >= 15 is 0 Å². The molecule has 3 nitrogen and oxygen atoms in total. The van der Waals surface area contributed by atoms with Gasteiger partial charge < -0.3 is 10.1 Å². The minimum Gasteiger partial charge on any atom is -0.381 e. The molecule has 1 amide bonds. The van der Waals surface area contributed by atoms with Crippen molar-refractivity contribution < 1.29 is 13.9 Å². The lowest BCUT2D eigenvalue weighted by atomic mass is 9.74. The van der Waals surface area contributed by atoms with Crippen molar-refractivity contribution >= 4 is 28.4 Å². The Morgan fingerprint density at radius 3 is 2.59 bits per heavy atom. The van der Waals surface area contributed by atoms with Crippen LogP contribution in [0.25, 0.3) is 10.8 Å². The molecule has 1 aliphatic heterocycles. The molecule has 0 atom stereocenters. The number of fused-ring (bicyclic) bond motifs is 1. The van der Waals surface area contributed by atoms with Gasteiger partial charge in [0.05, 0.1) is 5.75 Å². The molecule has 0 saturated carbocycles. The quantitative estimate of drug-likeness (QED) is 0.587. The van der Waals surface area contributed by atoms with Gasteiger partial charge in [-0.05, 0) is 53.4 Å². The number of amides is 1. The zero-order valence-electron chi connectivity index (χ0n) is 16.2. The van der Waals surface area contributed by atoms with Crippen LogP contribution in [0.4, 0.5) is 4.39 Å². The lowest BCUT2D eigenvalue weighted by molar-refractivity contribution is -0.119. The highest BCUT2D eigenvalue weighted by atomic mass is 32.2. The van der Waals surface area contributed by atoms with Crippen LogP contribution in [0.5, 0.6) is 0 Å². The second-order valence-corrected chi connectivity index (χ2v) is 8.53. The number of benzene rings is 3. The van der Waals surface area contributed by atoms with Gasteiger partial charge in [-0.3, -0.25) is 4.79 Å². The SMILES string of the molecule is O=C(CSc1ccc2ccccc2c1)NCC1(c2cccc(F)c2)CCOCC1. The van der Waals surface area contributed by atoms with Gasteiger partial charge in [-0.15, -0.1) is 11.8 Å². The molecular weight excluding hydrogens is 385 g/mol. The molecular formula is C24H24FNO2S. The van der Waals surface area contributed by atoms with Gasteiger partial charge in [0.1, 0.15) is 5.82 Å². The number of nitrogens with one attached hydrogen (secondary N) is 1. The summed E-state index contributed by atoms with van der Waals surface area (Å²) >= 11 is 1.53. The molecule has 3 aromatic rings. The summed E-state index contributed by atoms with van der Waals surface area (Å²) in [5.41, 5.74) is 0.659. The molecule has 1 heterocycles. The third-order valence-electron chi connectivity index (χ3n) is 5.60. The minimum absolute atomic E-state index is 0.00886. The first-order chi connectivity index (χ1) is 14.1. The molecule has 0 radical (unpaired) electrons. The largest absolute Gasteiger partial charge is 0.381 e. The summed E-state index contributed by atoms with van der Waals surface area (Å²) in [5, 5.41) is 5.44. The standard InChI is InChI=1S/C24H24FNO2S/c25-21-7-3-6-20(15-21)24(10-12-28-13-11-24)17-26-23(27)16-29-22-9-8-18-4-1-2-5-19(18)14-22/h1-9,14-15H,10-13,16-17H2,(H,26,27). The summed E-state index contributed by atoms with van der Waals surface area (Å²) in [4.78, 5) is 13.6. The van der Waals surface area contributed by atoms with Crippen molar-refractivity contribution in [2.45, 2.75) is 23.2 Å². The average molecular weight is 410 g/mol. The lowest BCUT2D eigenvalue weighted by Crippen LogP contribution is -2.45. The predicted octanol–water partition coefficient (Wildman–Crippen LogP) is 4.94. The highest BCUT2D eigenvalue weighted by Crippen LogP contribution is 2.34. The van der Waals surface area contributed by atoms with Crippen molar-refractivity contribution in [3.8, 4) is 0 Å². The summed E-state index contributed by atoms with van der Waals surface area (Å²) in [7, 11) is 0. The number of rotatable bonds is 6. The Bertz CT molecular complexity index is 1000. The van der Waals surface area contributed by atoms with Crippen molar-refractivity contribution in [2.75, 3.05) is 25.5 Å². The second kappa shape index (κ2) is 8.97. The maximum atomic E-state index is 13.8. The second-order valence-electron chi connectivity index (χ2n) is 7.48. The number of hydrogen-bond acceptors (Lipinski definition) is 3. The topological polar surface area (TPSA) is 38.3 Å². The first kappa shape index (κ1) is 19.9. The maximum absolute atomic E-state index is 13.8. The Labute approximate surface area is 174 Å². The normalized spacial score (nSPS) is 15.9. The van der Waals surface area contributed by atoms with E-state index in [1.54, 1.807) is 12.1 Å². The van der Waals surface area contributed by atoms with E-state index in [4.69, 9.17) is 4.74 Å². The van der Waals surface area contributed by atoms with E-state index in [2.05, 4.69) is 29.6 Å². The van der Waals surface area contributed by atoms with Gasteiger partial charge in [-0.2, -0.15) is 0 Å². The monoisotopic (exact) mass is 409 g/mol. The van der Waals surface area contributed by atoms with Gasteiger partial charge in [0.25, 0.3) is 0 Å². The molecule has 0 unspecified atom stereocenters. The summed E-state index contributed by atoms with van der Waals surface area (Å²) < 4.78 is 19.3. The van der Waals surface area contributed by atoms with Gasteiger partial charge in [-0.25, -0.2) is 4.39 Å². The third-order valence-corrected chi connectivity index (χ3v) is 6.60. The molecule has 4 rings (SSSR count). The van der Waals surface area contributed by atoms with Crippen LogP contribution in [0, 0.1) is 5.82 Å². The Kier molecular flexibility index (Phi) is 6.16. The van der Waals surface area contributed by atoms with Crippen molar-refractivity contribution in [1.82, 2.24) is 5.32 Å². The van der Waals surface area contributed by atoms with Gasteiger partial charge in [0, 0.05) is 30.1 Å². The molecule has 1 N–H and O–H groups in total. The number of thioether (sulfide) groups is 1. The van der Waals surface area contributed by atoms with Crippen LogP contribution in [0.2, 0.25) is 0 Å². The summed E-state index contributed by atoms with van der Waals surface area (Å²) in [6, 6.07) is 21.2. The Morgan fingerprint density at radius 2 is 1.79 bits per heavy atom. The highest BCUT2D eigenvalue weighted by molar-refractivity contribution is 8.00. The van der Waals surface area contributed by atoms with Crippen molar-refractivity contribution in [1.29, 1.82) is 0 Å². The summed E-state index contributed by atoms with van der Waals surface area (Å²) in [5.74, 6) is 0.102. The van der Waals surface area contributed by atoms with Crippen LogP contribution < -0.4 is 5.32 Å². The van der Waals surface area contributed by atoms with Gasteiger partial charge in [-0.1, -0.05) is 42.5 Å². The van der Waals surface area contributed by atoms with Gasteiger partial charge >= 0.3 is 0 Å². The van der Waals surface area contributed by atoms with E-state index in [1.165, 1.54) is 28.6 Å². The van der Waals surface area contributed by atoms with Crippen LogP contribution in [0.3, 0.4) is 0 Å². The first-order valence-corrected chi connectivity index (χ1v) is 10.9. The van der Waals surface area contributed by atoms with Gasteiger partial charge in [0.15, 0.2) is 0 Å². The summed E-state index contributed by atoms with van der Waals surface area (Å²) in [6.07, 6.45) is 1.54. The molecule has 0 aliphatic carbocycles. The van der Waals surface area contributed by atoms with Crippen molar-refractivity contribution in [2.24, 2.45) is 0 Å². The fourth-order valence-corrected chi connectivity index (χ4v) is 4.65. The Hall–Kier alpha value is -2.37. The third kappa shape index (κ3) is 4.80. The number of carbonyl (C=O) groups excluding carboxylic acids is 1. The molecule has 0 bridgehead atoms. The van der Waals surface area contributed by atoms with E-state index in [0.29, 0.717) is 25.5 Å². The Morgan fingerprint density at radius 1 is 1.00 bits per heavy atom. The molecule has 5 heteroatoms. The fraction of sp³-hybridized carbons (Fsp3) is 0.292. The predicted molar refractivity (Wildman–Crippen MR) is 116 cm³/mol. The number of carbonyl (C=O) groups is 1. The van der Waals surface area contributed by atoms with Crippen molar-refractivity contribution in [3.05, 3.63) is 78.1 Å². The Balaban J connectivity index is 1.39. The number of halogens is 1. The smallest absolute Gasteiger partial charge is 0.230 e. The maximum Gasteiger partial charge on any atom is 0.230 e. The molecule has 0 spiro atoms. The molecule has 29 heavy (non-hydrogen) atoms. The van der Waals surface area contributed by atoms with E-state index in [-0.39, 0.29) is 17.1 Å². The van der Waals surface area contributed by atoms with Gasteiger partial charge in [0.2, 0.25) is 5.91 Å². The van der Waals surface area contributed by atoms with E-state index in [1.807, 2.05) is 24.3 Å². The minimum atomic E-state index is -0.274. The average Bonchev–Trinajstić information content (AvgIpc) is 2.77. The zero-order chi connectivity index (χ0) is 20.1. The van der Waals surface area contributed by atoms with Crippen LogP contribution in [-0.4, -0.2) is 31.4 Å². The van der Waals surface area contributed by atoms with Crippen molar-refractivity contribution in [3.63, 3.8) is 0 Å². The molecule has 1 saturated heterocycles. The van der Waals surface area contributed by atoms with Crippen LogP contribution in [0.15, 0.2) is 71.6 Å². The van der Waals surface area contributed by atoms with E-state index in [9.17, 15) is 9.18 Å². The molecule has 150 valence electrons. The summed E-state index contributed by atoms with van der Waals surface area (Å²) in [6.45, 7) is 1.74. The molecule has 1 aliphatic rings. The molecule has 1 fully saturated rings. The van der Waals surface area contributed by atoms with Crippen LogP contribution in [0.1, 0.15) is 18.4 Å². The fourth-order valence-electron chi connectivity index (χ4n) is 3.87. The molecule has 0 aromatic heterocycles. The zero-order valence-corrected chi connectivity index (χ0v) is 17.0. The van der Waals surface area contributed by atoms with Crippen LogP contribution in [-0.2, 0) is 14.9 Å². The van der Waals surface area contributed by atoms with Crippen LogP contribution >= 0.6 is 11.8 Å². The first-order valence-electron chi connectivity index (χ1n) is 9.87.